The lowest BCUT2D eigenvalue weighted by molar-refractivity contribution is -0.139. The Morgan fingerprint density at radius 2 is 1.55 bits per heavy atom. The molecule has 3 aromatic carbocycles. The van der Waals surface area contributed by atoms with E-state index in [-0.39, 0.29) is 23.3 Å². The molecule has 0 bridgehead atoms. The van der Waals surface area contributed by atoms with Gasteiger partial charge in [-0.25, -0.2) is 0 Å². The molecule has 0 aliphatic carbocycles. The second-order valence-corrected chi connectivity index (χ2v) is 11.0. The standard InChI is InChI=1S/C33H37NO6/c1-20-9-8-10-22(17-20)29-28(30(35)23-12-14-25(38-5)24(19-23)33(2,3)4)31(36)32(37)34(29)16-15-21-11-13-26(39-6)27(18-21)40-7/h8-14,17-19,29,35H,15-16H2,1-7H3/b30-28-. The van der Waals surface area contributed by atoms with Crippen molar-refractivity contribution in [2.75, 3.05) is 27.9 Å². The fraction of sp³-hybridized carbons (Fsp3) is 0.333. The third-order valence-corrected chi connectivity index (χ3v) is 7.27. The van der Waals surface area contributed by atoms with Crippen molar-refractivity contribution in [3.63, 3.8) is 0 Å². The number of ether oxygens (including phenoxy) is 3. The molecule has 0 spiro atoms. The summed E-state index contributed by atoms with van der Waals surface area (Å²) in [5, 5.41) is 11.6. The minimum atomic E-state index is -0.736. The van der Waals surface area contributed by atoms with Crippen molar-refractivity contribution in [2.45, 2.75) is 45.6 Å². The van der Waals surface area contributed by atoms with Crippen LogP contribution in [0.2, 0.25) is 0 Å². The highest BCUT2D eigenvalue weighted by atomic mass is 16.5. The van der Waals surface area contributed by atoms with Crippen LogP contribution >= 0.6 is 0 Å². The minimum absolute atomic E-state index is 0.0768. The first-order chi connectivity index (χ1) is 19.0. The van der Waals surface area contributed by atoms with Crippen molar-refractivity contribution in [3.05, 3.63) is 94.1 Å². The summed E-state index contributed by atoms with van der Waals surface area (Å²) in [5.74, 6) is 0.343. The lowest BCUT2D eigenvalue weighted by Gasteiger charge is -2.26. The van der Waals surface area contributed by atoms with E-state index < -0.39 is 17.7 Å². The Balaban J connectivity index is 1.80. The average molecular weight is 544 g/mol. The minimum Gasteiger partial charge on any atom is -0.507 e. The van der Waals surface area contributed by atoms with Crippen LogP contribution in [0.5, 0.6) is 17.2 Å². The molecule has 1 aliphatic heterocycles. The number of hydrogen-bond acceptors (Lipinski definition) is 6. The van der Waals surface area contributed by atoms with E-state index in [1.54, 1.807) is 38.4 Å². The number of nitrogens with zero attached hydrogens (tertiary/aromatic N) is 1. The smallest absolute Gasteiger partial charge is 0.295 e. The van der Waals surface area contributed by atoms with Crippen molar-refractivity contribution in [1.29, 1.82) is 0 Å². The number of benzene rings is 3. The highest BCUT2D eigenvalue weighted by Gasteiger charge is 2.46. The number of rotatable bonds is 8. The van der Waals surface area contributed by atoms with Gasteiger partial charge in [0.05, 0.1) is 32.9 Å². The summed E-state index contributed by atoms with van der Waals surface area (Å²) in [7, 11) is 4.75. The van der Waals surface area contributed by atoms with E-state index in [0.29, 0.717) is 29.2 Å². The molecule has 1 unspecified atom stereocenters. The van der Waals surface area contributed by atoms with Gasteiger partial charge in [0.2, 0.25) is 0 Å². The van der Waals surface area contributed by atoms with Crippen LogP contribution in [0.25, 0.3) is 5.76 Å². The van der Waals surface area contributed by atoms with Crippen LogP contribution in [0.4, 0.5) is 0 Å². The van der Waals surface area contributed by atoms with Gasteiger partial charge in [-0.3, -0.25) is 9.59 Å². The van der Waals surface area contributed by atoms with Gasteiger partial charge in [0.1, 0.15) is 11.5 Å². The largest absolute Gasteiger partial charge is 0.507 e. The number of aliphatic hydroxyl groups is 1. The fourth-order valence-corrected chi connectivity index (χ4v) is 5.18. The van der Waals surface area contributed by atoms with E-state index in [9.17, 15) is 14.7 Å². The van der Waals surface area contributed by atoms with Crippen LogP contribution in [-0.4, -0.2) is 49.6 Å². The number of Topliss-reactive ketones (excluding diaryl/α,β-unsaturated/α-hetero) is 1. The molecule has 40 heavy (non-hydrogen) atoms. The third-order valence-electron chi connectivity index (χ3n) is 7.27. The highest BCUT2D eigenvalue weighted by Crippen LogP contribution is 2.41. The summed E-state index contributed by atoms with van der Waals surface area (Å²) in [6.45, 7) is 8.38. The molecule has 1 heterocycles. The number of aryl methyl sites for hydroxylation is 1. The van der Waals surface area contributed by atoms with Gasteiger partial charge in [-0.05, 0) is 60.2 Å². The molecule has 1 atom stereocenters. The Morgan fingerprint density at radius 3 is 2.17 bits per heavy atom. The Hall–Kier alpha value is -4.26. The lowest BCUT2D eigenvalue weighted by Crippen LogP contribution is -2.31. The second kappa shape index (κ2) is 11.5. The molecule has 7 nitrogen and oxygen atoms in total. The average Bonchev–Trinajstić information content (AvgIpc) is 3.19. The van der Waals surface area contributed by atoms with Crippen LogP contribution in [0, 0.1) is 6.92 Å². The van der Waals surface area contributed by atoms with E-state index in [4.69, 9.17) is 14.2 Å². The van der Waals surface area contributed by atoms with Gasteiger partial charge in [0, 0.05) is 17.7 Å². The molecule has 0 saturated carbocycles. The first kappa shape index (κ1) is 28.7. The summed E-state index contributed by atoms with van der Waals surface area (Å²) in [6, 6.07) is 17.9. The molecular formula is C33H37NO6. The summed E-state index contributed by atoms with van der Waals surface area (Å²) in [5.41, 5.74) is 3.82. The van der Waals surface area contributed by atoms with Crippen LogP contribution in [0.1, 0.15) is 54.6 Å². The van der Waals surface area contributed by atoms with Crippen molar-refractivity contribution in [3.8, 4) is 17.2 Å². The Labute approximate surface area is 236 Å². The maximum Gasteiger partial charge on any atom is 0.295 e. The zero-order valence-electron chi connectivity index (χ0n) is 24.2. The fourth-order valence-electron chi connectivity index (χ4n) is 5.18. The van der Waals surface area contributed by atoms with Gasteiger partial charge in [-0.15, -0.1) is 0 Å². The summed E-state index contributed by atoms with van der Waals surface area (Å²) in [4.78, 5) is 28.5. The predicted molar refractivity (Wildman–Crippen MR) is 155 cm³/mol. The van der Waals surface area contributed by atoms with Gasteiger partial charge >= 0.3 is 0 Å². The SMILES string of the molecule is COc1ccc(CCN2C(=O)C(=O)/C(=C(\O)c3ccc(OC)c(C(C)(C)C)c3)C2c2cccc(C)c2)cc1OC. The van der Waals surface area contributed by atoms with Crippen molar-refractivity contribution >= 4 is 17.4 Å². The zero-order chi connectivity index (χ0) is 29.2. The van der Waals surface area contributed by atoms with Crippen molar-refractivity contribution < 1.29 is 28.9 Å². The van der Waals surface area contributed by atoms with Gasteiger partial charge in [0.15, 0.2) is 11.5 Å². The molecular weight excluding hydrogens is 506 g/mol. The number of ketones is 1. The number of carbonyl (C=O) groups excluding carboxylic acids is 2. The first-order valence-corrected chi connectivity index (χ1v) is 13.2. The Morgan fingerprint density at radius 1 is 0.875 bits per heavy atom. The molecule has 7 heteroatoms. The lowest BCUT2D eigenvalue weighted by atomic mass is 9.84. The van der Waals surface area contributed by atoms with Crippen LogP contribution in [-0.2, 0) is 21.4 Å². The van der Waals surface area contributed by atoms with E-state index in [0.717, 1.165) is 22.3 Å². The molecule has 0 aromatic heterocycles. The molecule has 3 aromatic rings. The molecule has 4 rings (SSSR count). The highest BCUT2D eigenvalue weighted by molar-refractivity contribution is 6.46. The van der Waals surface area contributed by atoms with E-state index in [1.165, 1.54) is 0 Å². The molecule has 0 radical (unpaired) electrons. The molecule has 1 amide bonds. The number of hydrogen-bond donors (Lipinski definition) is 1. The number of carbonyl (C=O) groups is 2. The quantitative estimate of drug-likeness (QED) is 0.214. The number of aliphatic hydroxyl groups excluding tert-OH is 1. The van der Waals surface area contributed by atoms with Crippen molar-refractivity contribution in [2.24, 2.45) is 0 Å². The maximum atomic E-state index is 13.5. The Bertz CT molecular complexity index is 1470. The molecule has 1 saturated heterocycles. The number of likely N-dealkylation sites (tertiary alicyclic amines) is 1. The second-order valence-electron chi connectivity index (χ2n) is 11.0. The zero-order valence-corrected chi connectivity index (χ0v) is 24.2. The van der Waals surface area contributed by atoms with E-state index >= 15 is 0 Å². The summed E-state index contributed by atoms with van der Waals surface area (Å²) in [6.07, 6.45) is 0.479. The van der Waals surface area contributed by atoms with Crippen LogP contribution in [0.15, 0.2) is 66.2 Å². The van der Waals surface area contributed by atoms with Gasteiger partial charge in [0.25, 0.3) is 11.7 Å². The third kappa shape index (κ3) is 5.55. The van der Waals surface area contributed by atoms with Crippen LogP contribution in [0.3, 0.4) is 0 Å². The number of methoxy groups -OCH3 is 3. The van der Waals surface area contributed by atoms with Gasteiger partial charge in [-0.2, -0.15) is 0 Å². The number of amides is 1. The molecule has 1 N–H and O–H groups in total. The Kier molecular flexibility index (Phi) is 8.24. The molecule has 1 aliphatic rings. The van der Waals surface area contributed by atoms with E-state index in [2.05, 4.69) is 20.8 Å². The van der Waals surface area contributed by atoms with Crippen LogP contribution < -0.4 is 14.2 Å². The topological polar surface area (TPSA) is 85.3 Å². The maximum absolute atomic E-state index is 13.5. The molecule has 1 fully saturated rings. The summed E-state index contributed by atoms with van der Waals surface area (Å²) >= 11 is 0. The monoisotopic (exact) mass is 543 g/mol. The van der Waals surface area contributed by atoms with Crippen molar-refractivity contribution in [1.82, 2.24) is 4.90 Å². The van der Waals surface area contributed by atoms with Gasteiger partial charge < -0.3 is 24.2 Å². The first-order valence-electron chi connectivity index (χ1n) is 13.2. The normalized spacial score (nSPS) is 16.8. The molecule has 210 valence electrons. The predicted octanol–water partition coefficient (Wildman–Crippen LogP) is 5.98. The summed E-state index contributed by atoms with van der Waals surface area (Å²) < 4.78 is 16.3. The van der Waals surface area contributed by atoms with Gasteiger partial charge in [-0.1, -0.05) is 56.7 Å². The van der Waals surface area contributed by atoms with E-state index in [1.807, 2.05) is 55.5 Å².